The fourth-order valence-corrected chi connectivity index (χ4v) is 0.224. The molecule has 0 rings (SSSR count). The summed E-state index contributed by atoms with van der Waals surface area (Å²) in [6.07, 6.45) is 0. The molecule has 42 valence electrons. The van der Waals surface area contributed by atoms with Crippen LogP contribution in [0.25, 0.3) is 0 Å². The van der Waals surface area contributed by atoms with Gasteiger partial charge >= 0.3 is 31.7 Å². The molecule has 3 nitrogen and oxygen atoms in total. The summed E-state index contributed by atoms with van der Waals surface area (Å²) in [5.41, 5.74) is 0. The molecule has 0 atom stereocenters. The van der Waals surface area contributed by atoms with E-state index in [0.29, 0.717) is 0 Å². The van der Waals surface area contributed by atoms with E-state index < -0.39 is 8.60 Å². The third-order valence-corrected chi connectivity index (χ3v) is 0.937. The largest absolute Gasteiger partial charge is 2.00 e. The van der Waals surface area contributed by atoms with E-state index in [0.717, 1.165) is 0 Å². The monoisotopic (exact) mass is 136 g/mol. The average molecular weight is 136 g/mol. The van der Waals surface area contributed by atoms with Gasteiger partial charge in [0.15, 0.2) is 0 Å². The van der Waals surface area contributed by atoms with E-state index in [1.165, 1.54) is 14.2 Å². The van der Waals surface area contributed by atoms with Crippen molar-refractivity contribution in [2.45, 2.75) is 0 Å². The fraction of sp³-hybridized carbons (Fsp3) is 1.00. The van der Waals surface area contributed by atoms with E-state index in [2.05, 4.69) is 9.05 Å². The summed E-state index contributed by atoms with van der Waals surface area (Å²) in [6, 6.07) is 0. The molecule has 0 aromatic carbocycles. The SMILES string of the molecule is COP(O)OC.[H-].[H-].[Mg+2]. The Morgan fingerprint density at radius 3 is 1.71 bits per heavy atom. The molecule has 0 aromatic rings. The van der Waals surface area contributed by atoms with Crippen LogP contribution in [0.4, 0.5) is 0 Å². The molecular formula is C2H9MgO3P. The minimum atomic E-state index is -1.58. The molecule has 0 aromatic heterocycles. The molecule has 0 unspecified atom stereocenters. The van der Waals surface area contributed by atoms with Gasteiger partial charge in [-0.05, 0) is 0 Å². The second-order valence-electron chi connectivity index (χ2n) is 0.603. The summed E-state index contributed by atoms with van der Waals surface area (Å²) in [7, 11) is 1.19. The maximum atomic E-state index is 8.29. The number of hydrogen-bond donors (Lipinski definition) is 1. The summed E-state index contributed by atoms with van der Waals surface area (Å²) in [5.74, 6) is 0. The zero-order valence-corrected chi connectivity index (χ0v) is 6.73. The first-order valence-corrected chi connectivity index (χ1v) is 2.51. The molecule has 7 heavy (non-hydrogen) atoms. The summed E-state index contributed by atoms with van der Waals surface area (Å²) in [6.45, 7) is 0. The first kappa shape index (κ1) is 11.0. The van der Waals surface area contributed by atoms with Gasteiger partial charge in [-0.1, -0.05) is 0 Å². The maximum absolute atomic E-state index is 8.29. The van der Waals surface area contributed by atoms with Crippen molar-refractivity contribution < 1.29 is 16.8 Å². The van der Waals surface area contributed by atoms with Crippen molar-refractivity contribution in [1.82, 2.24) is 0 Å². The van der Waals surface area contributed by atoms with Crippen LogP contribution in [0.3, 0.4) is 0 Å². The van der Waals surface area contributed by atoms with Gasteiger partial charge in [0.25, 0.3) is 0 Å². The summed E-state index contributed by atoms with van der Waals surface area (Å²) in [5, 5.41) is 0. The smallest absolute Gasteiger partial charge is 1.00 e. The van der Waals surface area contributed by atoms with Gasteiger partial charge in [-0.3, -0.25) is 0 Å². The summed E-state index contributed by atoms with van der Waals surface area (Å²) < 4.78 is 8.59. The minimum absolute atomic E-state index is 0. The van der Waals surface area contributed by atoms with Crippen LogP contribution >= 0.6 is 8.60 Å². The van der Waals surface area contributed by atoms with Crippen molar-refractivity contribution in [2.75, 3.05) is 14.2 Å². The van der Waals surface area contributed by atoms with Crippen LogP contribution in [-0.4, -0.2) is 42.2 Å². The van der Waals surface area contributed by atoms with Gasteiger partial charge < -0.3 is 16.8 Å². The Kier molecular flexibility index (Phi) is 11.1. The van der Waals surface area contributed by atoms with E-state index in [4.69, 9.17) is 4.89 Å². The first-order chi connectivity index (χ1) is 2.81. The Bertz CT molecular complexity index is 39.0. The van der Waals surface area contributed by atoms with Crippen molar-refractivity contribution in [2.24, 2.45) is 0 Å². The Morgan fingerprint density at radius 2 is 1.71 bits per heavy atom. The molecule has 0 amide bonds. The maximum Gasteiger partial charge on any atom is 2.00 e. The Balaban J connectivity index is -0.0000000417. The molecule has 0 bridgehead atoms. The molecule has 0 heterocycles. The zero-order valence-electron chi connectivity index (χ0n) is 6.42. The normalized spacial score (nSPS) is 8.57. The first-order valence-electron chi connectivity index (χ1n) is 1.38. The zero-order chi connectivity index (χ0) is 4.99. The molecule has 0 radical (unpaired) electrons. The van der Waals surface area contributed by atoms with E-state index in [1.807, 2.05) is 0 Å². The van der Waals surface area contributed by atoms with Gasteiger partial charge in [0.2, 0.25) is 0 Å². The Hall–Kier alpha value is 1.08. The molecule has 0 aliphatic carbocycles. The molecule has 0 fully saturated rings. The second kappa shape index (κ2) is 7.08. The number of rotatable bonds is 2. The van der Waals surface area contributed by atoms with Gasteiger partial charge in [-0.25, -0.2) is 0 Å². The van der Waals surface area contributed by atoms with E-state index >= 15 is 0 Å². The van der Waals surface area contributed by atoms with Crippen molar-refractivity contribution in [1.29, 1.82) is 0 Å². The van der Waals surface area contributed by atoms with Crippen molar-refractivity contribution >= 4 is 31.7 Å². The van der Waals surface area contributed by atoms with Gasteiger partial charge in [0.1, 0.15) is 0 Å². The third kappa shape index (κ3) is 7.08. The minimum Gasteiger partial charge on any atom is -1.00 e. The van der Waals surface area contributed by atoms with E-state index in [1.54, 1.807) is 0 Å². The Morgan fingerprint density at radius 1 is 1.43 bits per heavy atom. The van der Waals surface area contributed by atoms with Crippen molar-refractivity contribution in [3.63, 3.8) is 0 Å². The molecule has 0 saturated carbocycles. The van der Waals surface area contributed by atoms with Crippen LogP contribution in [0.15, 0.2) is 0 Å². The molecule has 5 heteroatoms. The molecular weight excluding hydrogens is 127 g/mol. The predicted molar refractivity (Wildman–Crippen MR) is 31.1 cm³/mol. The van der Waals surface area contributed by atoms with E-state index in [9.17, 15) is 0 Å². The van der Waals surface area contributed by atoms with Crippen molar-refractivity contribution in [3.05, 3.63) is 0 Å². The fourth-order valence-electron chi connectivity index (χ4n) is 0.0745. The molecule has 0 aliphatic rings. The van der Waals surface area contributed by atoms with E-state index in [-0.39, 0.29) is 25.9 Å². The van der Waals surface area contributed by atoms with Gasteiger partial charge in [0, 0.05) is 14.2 Å². The van der Waals surface area contributed by atoms with Crippen LogP contribution in [0, 0.1) is 0 Å². The Labute approximate surface area is 63.1 Å². The summed E-state index contributed by atoms with van der Waals surface area (Å²) in [4.78, 5) is 8.29. The molecule has 0 saturated heterocycles. The topological polar surface area (TPSA) is 38.7 Å². The second-order valence-corrected chi connectivity index (χ2v) is 1.81. The van der Waals surface area contributed by atoms with Gasteiger partial charge in [-0.2, -0.15) is 0 Å². The molecule has 1 N–H and O–H groups in total. The molecule has 0 aliphatic heterocycles. The predicted octanol–water partition coefficient (Wildman–Crippen LogP) is 0.343. The van der Waals surface area contributed by atoms with Crippen LogP contribution < -0.4 is 0 Å². The standard InChI is InChI=1S/C2H7O3P.Mg.2H/c1-4-6(3)5-2;;;/h3H,1-2H3;;;/q;+2;2*-1. The number of hydrogen-bond acceptors (Lipinski definition) is 3. The van der Waals surface area contributed by atoms with Gasteiger partial charge in [0.05, 0.1) is 0 Å². The van der Waals surface area contributed by atoms with Gasteiger partial charge in [-0.15, -0.1) is 0 Å². The molecule has 0 spiro atoms. The summed E-state index contributed by atoms with van der Waals surface area (Å²) >= 11 is 0. The van der Waals surface area contributed by atoms with Crippen LogP contribution in [0.1, 0.15) is 2.85 Å². The third-order valence-electron chi connectivity index (χ3n) is 0.312. The van der Waals surface area contributed by atoms with Crippen LogP contribution in [-0.2, 0) is 9.05 Å². The van der Waals surface area contributed by atoms with Crippen molar-refractivity contribution in [3.8, 4) is 0 Å². The van der Waals surface area contributed by atoms with Crippen LogP contribution in [0.2, 0.25) is 0 Å². The van der Waals surface area contributed by atoms with Crippen LogP contribution in [0.5, 0.6) is 0 Å². The quantitative estimate of drug-likeness (QED) is 0.439. The average Bonchev–Trinajstić information content (AvgIpc) is 1.65.